The molecule has 1 aliphatic heterocycles. The molecule has 4 heteroatoms. The zero-order valence-electron chi connectivity index (χ0n) is 10.6. The normalized spacial score (nSPS) is 19.2. The maximum absolute atomic E-state index is 4.82. The predicted octanol–water partition coefficient (Wildman–Crippen LogP) is 3.36. The minimum Gasteiger partial charge on any atom is -0.341 e. The van der Waals surface area contributed by atoms with Crippen LogP contribution >= 0.6 is 15.9 Å². The first-order valence-electron chi connectivity index (χ1n) is 6.60. The Bertz CT molecular complexity index is 555. The summed E-state index contributed by atoms with van der Waals surface area (Å²) in [6.07, 6.45) is 3.49. The van der Waals surface area contributed by atoms with Crippen LogP contribution in [-0.4, -0.2) is 23.1 Å². The molecule has 1 saturated heterocycles. The Labute approximate surface area is 116 Å². The molecule has 0 bridgehead atoms. The van der Waals surface area contributed by atoms with Crippen LogP contribution in [0.1, 0.15) is 32.0 Å². The van der Waals surface area contributed by atoms with E-state index < -0.39 is 0 Å². The number of nitrogens with zero attached hydrogens (tertiary/aromatic N) is 1. The van der Waals surface area contributed by atoms with Gasteiger partial charge < -0.3 is 10.3 Å². The number of hydrogen-bond acceptors (Lipinski definition) is 2. The number of benzene rings is 1. The van der Waals surface area contributed by atoms with E-state index in [1.165, 1.54) is 18.7 Å². The number of nitrogens with one attached hydrogen (secondary N) is 2. The van der Waals surface area contributed by atoms with Gasteiger partial charge in [-0.2, -0.15) is 0 Å². The second kappa shape index (κ2) is 4.67. The number of halogens is 1. The number of hydrogen-bond donors (Lipinski definition) is 2. The number of fused-ring (bicyclic) bond motifs is 1. The molecule has 96 valence electrons. The van der Waals surface area contributed by atoms with Crippen molar-refractivity contribution in [3.05, 3.63) is 28.5 Å². The van der Waals surface area contributed by atoms with Crippen LogP contribution in [0.4, 0.5) is 0 Å². The Balaban J connectivity index is 2.06. The van der Waals surface area contributed by atoms with Gasteiger partial charge in [0, 0.05) is 9.89 Å². The molecule has 18 heavy (non-hydrogen) atoms. The third-order valence-electron chi connectivity index (χ3n) is 4.18. The van der Waals surface area contributed by atoms with Crippen LogP contribution in [0, 0.1) is 0 Å². The first kappa shape index (κ1) is 12.2. The predicted molar refractivity (Wildman–Crippen MR) is 77.9 cm³/mol. The van der Waals surface area contributed by atoms with Crippen molar-refractivity contribution in [1.82, 2.24) is 15.3 Å². The van der Waals surface area contributed by atoms with E-state index in [2.05, 4.69) is 45.3 Å². The van der Waals surface area contributed by atoms with Gasteiger partial charge in [-0.1, -0.05) is 22.9 Å². The quantitative estimate of drug-likeness (QED) is 0.893. The fourth-order valence-electron chi connectivity index (χ4n) is 2.90. The van der Waals surface area contributed by atoms with E-state index >= 15 is 0 Å². The molecule has 2 heterocycles. The van der Waals surface area contributed by atoms with Gasteiger partial charge in [0.1, 0.15) is 5.82 Å². The number of imidazole rings is 1. The van der Waals surface area contributed by atoms with Crippen molar-refractivity contribution in [2.75, 3.05) is 13.1 Å². The first-order chi connectivity index (χ1) is 8.73. The van der Waals surface area contributed by atoms with Gasteiger partial charge >= 0.3 is 0 Å². The zero-order chi connectivity index (χ0) is 12.6. The Hall–Kier alpha value is -0.870. The molecular weight excluding hydrogens is 290 g/mol. The first-order valence-corrected chi connectivity index (χ1v) is 7.39. The van der Waals surface area contributed by atoms with Gasteiger partial charge in [-0.3, -0.25) is 0 Å². The van der Waals surface area contributed by atoms with Crippen LogP contribution in [0.5, 0.6) is 0 Å². The zero-order valence-corrected chi connectivity index (χ0v) is 12.2. The van der Waals surface area contributed by atoms with Gasteiger partial charge in [-0.05, 0) is 50.6 Å². The molecule has 2 aromatic rings. The van der Waals surface area contributed by atoms with Crippen LogP contribution in [-0.2, 0) is 5.41 Å². The highest BCUT2D eigenvalue weighted by molar-refractivity contribution is 9.10. The second-order valence-electron chi connectivity index (χ2n) is 5.13. The van der Waals surface area contributed by atoms with Crippen molar-refractivity contribution in [3.63, 3.8) is 0 Å². The lowest BCUT2D eigenvalue weighted by Crippen LogP contribution is -2.40. The Morgan fingerprint density at radius 3 is 2.83 bits per heavy atom. The van der Waals surface area contributed by atoms with E-state index in [0.717, 1.165) is 35.0 Å². The molecule has 3 rings (SSSR count). The van der Waals surface area contributed by atoms with Crippen LogP contribution < -0.4 is 5.32 Å². The monoisotopic (exact) mass is 307 g/mol. The summed E-state index contributed by atoms with van der Waals surface area (Å²) in [5.74, 6) is 1.17. The lowest BCUT2D eigenvalue weighted by Gasteiger charge is -2.35. The van der Waals surface area contributed by atoms with Crippen molar-refractivity contribution >= 4 is 27.0 Å². The maximum Gasteiger partial charge on any atom is 0.113 e. The van der Waals surface area contributed by atoms with Crippen LogP contribution in [0.2, 0.25) is 0 Å². The van der Waals surface area contributed by atoms with Gasteiger partial charge in [-0.15, -0.1) is 0 Å². The summed E-state index contributed by atoms with van der Waals surface area (Å²) in [6, 6.07) is 6.23. The largest absolute Gasteiger partial charge is 0.341 e. The third kappa shape index (κ3) is 1.97. The number of piperidine rings is 1. The fourth-order valence-corrected chi connectivity index (χ4v) is 3.26. The number of aromatic nitrogens is 2. The highest BCUT2D eigenvalue weighted by Gasteiger charge is 2.34. The van der Waals surface area contributed by atoms with E-state index in [1.54, 1.807) is 0 Å². The molecule has 1 aliphatic rings. The Morgan fingerprint density at radius 1 is 1.33 bits per heavy atom. The molecule has 0 aliphatic carbocycles. The Kier molecular flexibility index (Phi) is 3.16. The molecule has 0 unspecified atom stereocenters. The molecule has 3 nitrogen and oxygen atoms in total. The standard InChI is InChI=1S/C14H18BrN3/c1-2-14(5-7-16-8-6-14)13-17-11-4-3-10(15)9-12(11)18-13/h3-4,9,16H,2,5-8H2,1H3,(H,17,18). The lowest BCUT2D eigenvalue weighted by molar-refractivity contribution is 0.285. The van der Waals surface area contributed by atoms with Crippen LogP contribution in [0.3, 0.4) is 0 Å². The van der Waals surface area contributed by atoms with Crippen LogP contribution in [0.15, 0.2) is 22.7 Å². The average Bonchev–Trinajstić information content (AvgIpc) is 2.83. The molecule has 0 atom stereocenters. The van der Waals surface area contributed by atoms with Gasteiger partial charge in [0.15, 0.2) is 0 Å². The molecule has 0 amide bonds. The summed E-state index contributed by atoms with van der Waals surface area (Å²) in [6.45, 7) is 4.46. The van der Waals surface area contributed by atoms with E-state index in [-0.39, 0.29) is 5.41 Å². The number of rotatable bonds is 2. The summed E-state index contributed by atoms with van der Waals surface area (Å²) < 4.78 is 1.10. The average molecular weight is 308 g/mol. The molecular formula is C14H18BrN3. The lowest BCUT2D eigenvalue weighted by atomic mass is 9.76. The SMILES string of the molecule is CCC1(c2nc3ccc(Br)cc3[nH]2)CCNCC1. The molecule has 0 spiro atoms. The topological polar surface area (TPSA) is 40.7 Å². The van der Waals surface area contributed by atoms with Crippen molar-refractivity contribution in [1.29, 1.82) is 0 Å². The van der Waals surface area contributed by atoms with E-state index in [4.69, 9.17) is 4.98 Å². The number of H-pyrrole nitrogens is 1. The maximum atomic E-state index is 4.82. The Morgan fingerprint density at radius 2 is 2.11 bits per heavy atom. The minimum atomic E-state index is 0.233. The van der Waals surface area contributed by atoms with Gasteiger partial charge in [0.05, 0.1) is 11.0 Å². The second-order valence-corrected chi connectivity index (χ2v) is 6.05. The van der Waals surface area contributed by atoms with Gasteiger partial charge in [-0.25, -0.2) is 4.98 Å². The smallest absolute Gasteiger partial charge is 0.113 e. The number of aromatic amines is 1. The van der Waals surface area contributed by atoms with E-state index in [1.807, 2.05) is 6.07 Å². The fraction of sp³-hybridized carbons (Fsp3) is 0.500. The van der Waals surface area contributed by atoms with E-state index in [9.17, 15) is 0 Å². The van der Waals surface area contributed by atoms with Gasteiger partial charge in [0.25, 0.3) is 0 Å². The molecule has 0 radical (unpaired) electrons. The van der Waals surface area contributed by atoms with Crippen molar-refractivity contribution < 1.29 is 0 Å². The van der Waals surface area contributed by atoms with Gasteiger partial charge in [0.2, 0.25) is 0 Å². The minimum absolute atomic E-state index is 0.233. The van der Waals surface area contributed by atoms with Crippen molar-refractivity contribution in [3.8, 4) is 0 Å². The van der Waals surface area contributed by atoms with E-state index in [0.29, 0.717) is 0 Å². The summed E-state index contributed by atoms with van der Waals surface area (Å²) in [4.78, 5) is 8.35. The summed E-state index contributed by atoms with van der Waals surface area (Å²) in [7, 11) is 0. The third-order valence-corrected chi connectivity index (χ3v) is 4.68. The molecule has 0 saturated carbocycles. The molecule has 1 fully saturated rings. The highest BCUT2D eigenvalue weighted by atomic mass is 79.9. The van der Waals surface area contributed by atoms with Crippen LogP contribution in [0.25, 0.3) is 11.0 Å². The summed E-state index contributed by atoms with van der Waals surface area (Å²) in [5.41, 5.74) is 2.43. The van der Waals surface area contributed by atoms with Crippen molar-refractivity contribution in [2.45, 2.75) is 31.6 Å². The molecule has 1 aromatic carbocycles. The molecule has 2 N–H and O–H groups in total. The van der Waals surface area contributed by atoms with Crippen molar-refractivity contribution in [2.24, 2.45) is 0 Å². The summed E-state index contributed by atoms with van der Waals surface area (Å²) >= 11 is 3.51. The molecule has 1 aromatic heterocycles. The highest BCUT2D eigenvalue weighted by Crippen LogP contribution is 2.36. The summed E-state index contributed by atoms with van der Waals surface area (Å²) in [5, 5.41) is 3.44.